The van der Waals surface area contributed by atoms with Crippen molar-refractivity contribution in [3.05, 3.63) is 0 Å². The van der Waals surface area contributed by atoms with Crippen molar-refractivity contribution in [1.29, 1.82) is 0 Å². The summed E-state index contributed by atoms with van der Waals surface area (Å²) in [6.07, 6.45) is 2.68. The van der Waals surface area contributed by atoms with E-state index in [1.807, 2.05) is 0 Å². The molecule has 1 fully saturated rings. The zero-order valence-corrected chi connectivity index (χ0v) is 11.7. The molecule has 1 N–H and O–H groups in total. The van der Waals surface area contributed by atoms with E-state index in [2.05, 4.69) is 0 Å². The molecule has 1 rings (SSSR count). The van der Waals surface area contributed by atoms with Gasteiger partial charge in [0.2, 0.25) is 5.91 Å². The van der Waals surface area contributed by atoms with Crippen LogP contribution in [0.2, 0.25) is 0 Å². The predicted molar refractivity (Wildman–Crippen MR) is 65.9 cm³/mol. The van der Waals surface area contributed by atoms with Crippen LogP contribution < -0.4 is 0 Å². The first-order valence-electron chi connectivity index (χ1n) is 5.72. The highest BCUT2D eigenvalue weighted by atomic mass is 32.2. The van der Waals surface area contributed by atoms with Crippen molar-refractivity contribution in [1.82, 2.24) is 4.90 Å². The van der Waals surface area contributed by atoms with Crippen LogP contribution in [0.3, 0.4) is 0 Å². The number of nitrogens with zero attached hydrogens (tertiary/aromatic N) is 1. The van der Waals surface area contributed by atoms with Crippen molar-refractivity contribution in [2.45, 2.75) is 32.2 Å². The van der Waals surface area contributed by atoms with Crippen molar-refractivity contribution in [2.75, 3.05) is 19.1 Å². The molecule has 0 heterocycles. The Morgan fingerprint density at radius 2 is 1.89 bits per heavy atom. The second kappa shape index (κ2) is 4.87. The first kappa shape index (κ1) is 14.9. The van der Waals surface area contributed by atoms with E-state index in [0.717, 1.165) is 11.2 Å². The molecule has 104 valence electrons. The Hall–Kier alpha value is -1.11. The Kier molecular flexibility index (Phi) is 4.05. The number of carboxylic acid groups (broad SMARTS) is 1. The summed E-state index contributed by atoms with van der Waals surface area (Å²) in [5, 5.41) is 8.81. The molecule has 1 aliphatic rings. The maximum absolute atomic E-state index is 11.9. The number of carbonyl (C=O) groups excluding carboxylic acids is 1. The standard InChI is InChI=1S/C11H19NO5S/c1-8(10(14)15)12(2)9(13)6-11(4-5-11)7-18(3,16)17/h8H,4-7H2,1-3H3,(H,14,15). The van der Waals surface area contributed by atoms with Gasteiger partial charge in [0.05, 0.1) is 5.75 Å². The van der Waals surface area contributed by atoms with Crippen molar-refractivity contribution >= 4 is 21.7 Å². The van der Waals surface area contributed by atoms with Crippen LogP contribution >= 0.6 is 0 Å². The van der Waals surface area contributed by atoms with Gasteiger partial charge in [-0.3, -0.25) is 4.79 Å². The van der Waals surface area contributed by atoms with E-state index >= 15 is 0 Å². The van der Waals surface area contributed by atoms with Gasteiger partial charge in [0.25, 0.3) is 0 Å². The fraction of sp³-hybridized carbons (Fsp3) is 0.818. The second-order valence-corrected chi connectivity index (χ2v) is 7.41. The number of amides is 1. The lowest BCUT2D eigenvalue weighted by atomic mass is 10.0. The number of sulfone groups is 1. The molecule has 0 aromatic carbocycles. The topological polar surface area (TPSA) is 91.8 Å². The molecule has 1 saturated carbocycles. The Balaban J connectivity index is 2.63. The Bertz CT molecular complexity index is 452. The summed E-state index contributed by atoms with van der Waals surface area (Å²) >= 11 is 0. The van der Waals surface area contributed by atoms with Crippen LogP contribution in [0.4, 0.5) is 0 Å². The third-order valence-electron chi connectivity index (χ3n) is 3.38. The number of carboxylic acids is 1. The predicted octanol–water partition coefficient (Wildman–Crippen LogP) is 0.133. The molecular formula is C11H19NO5S. The minimum Gasteiger partial charge on any atom is -0.480 e. The molecule has 18 heavy (non-hydrogen) atoms. The van der Waals surface area contributed by atoms with Gasteiger partial charge in [0, 0.05) is 19.7 Å². The minimum absolute atomic E-state index is 0.00102. The van der Waals surface area contributed by atoms with Gasteiger partial charge in [-0.1, -0.05) is 0 Å². The molecule has 1 amide bonds. The number of likely N-dealkylation sites (N-methyl/N-ethyl adjacent to an activating group) is 1. The normalized spacial score (nSPS) is 19.1. The van der Waals surface area contributed by atoms with E-state index in [1.54, 1.807) is 0 Å². The smallest absolute Gasteiger partial charge is 0.326 e. The first-order valence-corrected chi connectivity index (χ1v) is 7.79. The molecule has 0 radical (unpaired) electrons. The fourth-order valence-electron chi connectivity index (χ4n) is 1.93. The molecule has 7 heteroatoms. The SMILES string of the molecule is CC(C(=O)O)N(C)C(=O)CC1(CS(C)(=O)=O)CC1. The Morgan fingerprint density at radius 3 is 2.22 bits per heavy atom. The van der Waals surface area contributed by atoms with Gasteiger partial charge < -0.3 is 10.0 Å². The van der Waals surface area contributed by atoms with Crippen LogP contribution in [0.25, 0.3) is 0 Å². The summed E-state index contributed by atoms with van der Waals surface area (Å²) in [5.74, 6) is -1.38. The van der Waals surface area contributed by atoms with E-state index < -0.39 is 27.3 Å². The molecule has 1 aliphatic carbocycles. The van der Waals surface area contributed by atoms with Crippen LogP contribution in [0.1, 0.15) is 26.2 Å². The van der Waals surface area contributed by atoms with Gasteiger partial charge in [0.1, 0.15) is 15.9 Å². The summed E-state index contributed by atoms with van der Waals surface area (Å²) < 4.78 is 22.5. The zero-order valence-electron chi connectivity index (χ0n) is 10.8. The van der Waals surface area contributed by atoms with E-state index in [4.69, 9.17) is 5.11 Å². The molecule has 0 bridgehead atoms. The number of aliphatic carboxylic acids is 1. The molecule has 6 nitrogen and oxygen atoms in total. The van der Waals surface area contributed by atoms with Crippen molar-refractivity contribution in [2.24, 2.45) is 5.41 Å². The number of carbonyl (C=O) groups is 2. The highest BCUT2D eigenvalue weighted by molar-refractivity contribution is 7.90. The molecule has 0 aromatic heterocycles. The fourth-order valence-corrected chi connectivity index (χ4v) is 3.44. The van der Waals surface area contributed by atoms with Gasteiger partial charge >= 0.3 is 5.97 Å². The second-order valence-electron chi connectivity index (χ2n) is 5.27. The van der Waals surface area contributed by atoms with E-state index in [0.29, 0.717) is 12.8 Å². The maximum Gasteiger partial charge on any atom is 0.326 e. The number of hydrogen-bond acceptors (Lipinski definition) is 4. The van der Waals surface area contributed by atoms with Crippen LogP contribution in [-0.2, 0) is 19.4 Å². The van der Waals surface area contributed by atoms with Gasteiger partial charge in [-0.15, -0.1) is 0 Å². The zero-order chi connectivity index (χ0) is 14.1. The van der Waals surface area contributed by atoms with Crippen molar-refractivity contribution in [3.8, 4) is 0 Å². The Labute approximate surface area is 107 Å². The van der Waals surface area contributed by atoms with Gasteiger partial charge in [-0.2, -0.15) is 0 Å². The number of rotatable bonds is 6. The largest absolute Gasteiger partial charge is 0.480 e. The number of hydrogen-bond donors (Lipinski definition) is 1. The molecule has 0 spiro atoms. The third-order valence-corrected chi connectivity index (χ3v) is 4.52. The average molecular weight is 277 g/mol. The van der Waals surface area contributed by atoms with E-state index in [1.165, 1.54) is 14.0 Å². The molecule has 1 atom stereocenters. The third kappa shape index (κ3) is 3.97. The van der Waals surface area contributed by atoms with Gasteiger partial charge in [0.15, 0.2) is 0 Å². The summed E-state index contributed by atoms with van der Waals surface area (Å²) in [5.41, 5.74) is -0.461. The van der Waals surface area contributed by atoms with Crippen molar-refractivity contribution < 1.29 is 23.1 Å². The van der Waals surface area contributed by atoms with Gasteiger partial charge in [-0.25, -0.2) is 13.2 Å². The molecule has 0 aromatic rings. The first-order chi connectivity index (χ1) is 8.06. The lowest BCUT2D eigenvalue weighted by Gasteiger charge is -2.24. The maximum atomic E-state index is 11.9. The molecule has 0 aliphatic heterocycles. The highest BCUT2D eigenvalue weighted by Gasteiger charge is 2.47. The summed E-state index contributed by atoms with van der Waals surface area (Å²) in [6, 6.07) is -0.897. The van der Waals surface area contributed by atoms with Crippen LogP contribution in [-0.4, -0.2) is 55.4 Å². The molecule has 0 saturated heterocycles. The lowest BCUT2D eigenvalue weighted by molar-refractivity contribution is -0.148. The van der Waals surface area contributed by atoms with E-state index in [-0.39, 0.29) is 18.1 Å². The highest BCUT2D eigenvalue weighted by Crippen LogP contribution is 2.50. The van der Waals surface area contributed by atoms with E-state index in [9.17, 15) is 18.0 Å². The molecule has 1 unspecified atom stereocenters. The van der Waals surface area contributed by atoms with Crippen LogP contribution in [0.15, 0.2) is 0 Å². The molecular weight excluding hydrogens is 258 g/mol. The summed E-state index contributed by atoms with van der Waals surface area (Å²) in [6.45, 7) is 1.43. The van der Waals surface area contributed by atoms with Crippen LogP contribution in [0, 0.1) is 5.41 Å². The van der Waals surface area contributed by atoms with Crippen molar-refractivity contribution in [3.63, 3.8) is 0 Å². The monoisotopic (exact) mass is 277 g/mol. The van der Waals surface area contributed by atoms with Crippen LogP contribution in [0.5, 0.6) is 0 Å². The quantitative estimate of drug-likeness (QED) is 0.745. The Morgan fingerprint density at radius 1 is 1.39 bits per heavy atom. The minimum atomic E-state index is -3.11. The lowest BCUT2D eigenvalue weighted by Crippen LogP contribution is -2.41. The summed E-state index contributed by atoms with van der Waals surface area (Å²) in [7, 11) is -1.69. The van der Waals surface area contributed by atoms with Gasteiger partial charge in [-0.05, 0) is 25.2 Å². The summed E-state index contributed by atoms with van der Waals surface area (Å²) in [4.78, 5) is 23.8. The average Bonchev–Trinajstić information content (AvgIpc) is 2.92.